The third kappa shape index (κ3) is 5.07. The van der Waals surface area contributed by atoms with Crippen molar-refractivity contribution in [2.24, 2.45) is 11.8 Å². The van der Waals surface area contributed by atoms with Crippen molar-refractivity contribution in [2.45, 2.75) is 33.7 Å². The second-order valence-electron chi connectivity index (χ2n) is 5.18. The average Bonchev–Trinajstić information content (AvgIpc) is 2.45. The summed E-state index contributed by atoms with van der Waals surface area (Å²) in [6.07, 6.45) is 0.463. The van der Waals surface area contributed by atoms with Crippen LogP contribution < -0.4 is 5.32 Å². The minimum absolute atomic E-state index is 0.00244. The molecule has 0 spiro atoms. The highest BCUT2D eigenvalue weighted by molar-refractivity contribution is 5.78. The molecule has 1 aromatic rings. The maximum atomic E-state index is 11.9. The van der Waals surface area contributed by atoms with E-state index in [2.05, 4.69) is 17.2 Å². The second kappa shape index (κ2) is 8.39. The molecule has 1 aromatic carbocycles. The van der Waals surface area contributed by atoms with Gasteiger partial charge in [0.25, 0.3) is 0 Å². The fraction of sp³-hybridized carbons (Fsp3) is 0.471. The van der Waals surface area contributed by atoms with E-state index in [0.29, 0.717) is 18.9 Å². The van der Waals surface area contributed by atoms with Gasteiger partial charge in [0, 0.05) is 24.4 Å². The van der Waals surface area contributed by atoms with Gasteiger partial charge in [0.05, 0.1) is 6.61 Å². The molecule has 1 atom stereocenters. The molecule has 0 fully saturated rings. The zero-order chi connectivity index (χ0) is 15.0. The summed E-state index contributed by atoms with van der Waals surface area (Å²) >= 11 is 0. The Labute approximate surface area is 121 Å². The number of carbonyl (C=O) groups is 1. The van der Waals surface area contributed by atoms with Gasteiger partial charge in [0.15, 0.2) is 0 Å². The molecule has 3 nitrogen and oxygen atoms in total. The first-order valence-electron chi connectivity index (χ1n) is 7.01. The van der Waals surface area contributed by atoms with Crippen molar-refractivity contribution in [1.82, 2.24) is 5.32 Å². The molecule has 1 unspecified atom stereocenters. The summed E-state index contributed by atoms with van der Waals surface area (Å²) in [7, 11) is 0. The fourth-order valence-electron chi connectivity index (χ4n) is 1.66. The molecular weight excluding hydrogens is 250 g/mol. The summed E-state index contributed by atoms with van der Waals surface area (Å²) in [5.41, 5.74) is 1.90. The van der Waals surface area contributed by atoms with Crippen LogP contribution in [0.2, 0.25) is 0 Å². The van der Waals surface area contributed by atoms with Crippen LogP contribution in [-0.2, 0) is 11.3 Å². The smallest absolute Gasteiger partial charge is 0.223 e. The zero-order valence-electron chi connectivity index (χ0n) is 12.4. The predicted octanol–water partition coefficient (Wildman–Crippen LogP) is 2.33. The van der Waals surface area contributed by atoms with E-state index in [1.807, 2.05) is 45.0 Å². The van der Waals surface area contributed by atoms with E-state index in [4.69, 9.17) is 5.11 Å². The van der Waals surface area contributed by atoms with E-state index in [1.54, 1.807) is 0 Å². The van der Waals surface area contributed by atoms with Gasteiger partial charge in [-0.2, -0.15) is 0 Å². The topological polar surface area (TPSA) is 49.3 Å². The number of rotatable bonds is 5. The van der Waals surface area contributed by atoms with Crippen molar-refractivity contribution < 1.29 is 9.90 Å². The minimum atomic E-state index is 0.00244. The molecule has 0 aliphatic heterocycles. The zero-order valence-corrected chi connectivity index (χ0v) is 12.4. The van der Waals surface area contributed by atoms with Gasteiger partial charge in [-0.1, -0.05) is 50.8 Å². The minimum Gasteiger partial charge on any atom is -0.395 e. The quantitative estimate of drug-likeness (QED) is 0.809. The number of hydrogen-bond donors (Lipinski definition) is 2. The summed E-state index contributed by atoms with van der Waals surface area (Å²) in [6, 6.07) is 7.75. The monoisotopic (exact) mass is 273 g/mol. The van der Waals surface area contributed by atoms with Gasteiger partial charge in [-0.3, -0.25) is 4.79 Å². The van der Waals surface area contributed by atoms with Crippen molar-refractivity contribution in [3.05, 3.63) is 35.4 Å². The molecule has 0 aromatic heterocycles. The van der Waals surface area contributed by atoms with Crippen LogP contribution in [0.25, 0.3) is 0 Å². The lowest BCUT2D eigenvalue weighted by atomic mass is 9.97. The highest BCUT2D eigenvalue weighted by Crippen LogP contribution is 2.11. The molecule has 0 aliphatic carbocycles. The number of amides is 1. The Bertz CT molecular complexity index is 497. The van der Waals surface area contributed by atoms with Gasteiger partial charge in [-0.05, 0) is 17.5 Å². The number of benzene rings is 1. The molecule has 1 amide bonds. The first-order valence-corrected chi connectivity index (χ1v) is 7.01. The van der Waals surface area contributed by atoms with Gasteiger partial charge in [0.2, 0.25) is 5.91 Å². The lowest BCUT2D eigenvalue weighted by Gasteiger charge is -2.15. The van der Waals surface area contributed by atoms with Crippen molar-refractivity contribution in [3.63, 3.8) is 0 Å². The Balaban J connectivity index is 2.69. The van der Waals surface area contributed by atoms with Crippen LogP contribution in [0.15, 0.2) is 24.3 Å². The van der Waals surface area contributed by atoms with Crippen molar-refractivity contribution >= 4 is 5.91 Å². The summed E-state index contributed by atoms with van der Waals surface area (Å²) in [4.78, 5) is 11.9. The van der Waals surface area contributed by atoms with Gasteiger partial charge in [-0.15, -0.1) is 0 Å². The van der Waals surface area contributed by atoms with Crippen LogP contribution in [0.1, 0.15) is 38.3 Å². The summed E-state index contributed by atoms with van der Waals surface area (Å²) < 4.78 is 0. The largest absolute Gasteiger partial charge is 0.395 e. The SMILES string of the molecule is CC(C)C(C)C(=O)NCc1ccccc1C#CCCO. The Morgan fingerprint density at radius 3 is 2.65 bits per heavy atom. The number of carbonyl (C=O) groups excluding carboxylic acids is 1. The second-order valence-corrected chi connectivity index (χ2v) is 5.18. The molecular formula is C17H23NO2. The van der Waals surface area contributed by atoms with Crippen LogP contribution in [0.5, 0.6) is 0 Å². The molecule has 3 heteroatoms. The molecule has 0 radical (unpaired) electrons. The highest BCUT2D eigenvalue weighted by atomic mass is 16.2. The van der Waals surface area contributed by atoms with Crippen molar-refractivity contribution in [2.75, 3.05) is 6.61 Å². The predicted molar refractivity (Wildman–Crippen MR) is 80.9 cm³/mol. The maximum Gasteiger partial charge on any atom is 0.223 e. The summed E-state index contributed by atoms with van der Waals surface area (Å²) in [5, 5.41) is 11.7. The van der Waals surface area contributed by atoms with Crippen LogP contribution in [0.4, 0.5) is 0 Å². The fourth-order valence-corrected chi connectivity index (χ4v) is 1.66. The Morgan fingerprint density at radius 1 is 1.30 bits per heavy atom. The molecule has 0 saturated heterocycles. The van der Waals surface area contributed by atoms with Gasteiger partial charge < -0.3 is 10.4 Å². The number of hydrogen-bond acceptors (Lipinski definition) is 2. The first-order chi connectivity index (χ1) is 9.56. The van der Waals surface area contributed by atoms with E-state index in [9.17, 15) is 4.79 Å². The molecule has 1 rings (SSSR count). The maximum absolute atomic E-state index is 11.9. The van der Waals surface area contributed by atoms with Crippen molar-refractivity contribution in [1.29, 1.82) is 0 Å². The van der Waals surface area contributed by atoms with Crippen LogP contribution in [0.3, 0.4) is 0 Å². The molecule has 0 heterocycles. The third-order valence-electron chi connectivity index (χ3n) is 3.34. The van der Waals surface area contributed by atoms with E-state index in [0.717, 1.165) is 11.1 Å². The molecule has 0 aliphatic rings. The average molecular weight is 273 g/mol. The van der Waals surface area contributed by atoms with Gasteiger partial charge in [-0.25, -0.2) is 0 Å². The standard InChI is InChI=1S/C17H23NO2/c1-13(2)14(3)17(20)18-12-16-10-5-4-8-15(16)9-6-7-11-19/h4-5,8,10,13-14,19H,7,11-12H2,1-3H3,(H,18,20). The number of aliphatic hydroxyl groups is 1. The lowest BCUT2D eigenvalue weighted by Crippen LogP contribution is -2.31. The number of aliphatic hydroxyl groups excluding tert-OH is 1. The summed E-state index contributed by atoms with van der Waals surface area (Å²) in [5.74, 6) is 6.33. The lowest BCUT2D eigenvalue weighted by molar-refractivity contribution is -0.125. The highest BCUT2D eigenvalue weighted by Gasteiger charge is 2.16. The molecule has 2 N–H and O–H groups in total. The van der Waals surface area contributed by atoms with Crippen molar-refractivity contribution in [3.8, 4) is 11.8 Å². The number of nitrogens with one attached hydrogen (secondary N) is 1. The van der Waals surface area contributed by atoms with Crippen LogP contribution >= 0.6 is 0 Å². The molecule has 108 valence electrons. The molecule has 0 saturated carbocycles. The Kier molecular flexibility index (Phi) is 6.83. The van der Waals surface area contributed by atoms with E-state index in [-0.39, 0.29) is 18.4 Å². The first kappa shape index (κ1) is 16.3. The molecule has 20 heavy (non-hydrogen) atoms. The van der Waals surface area contributed by atoms with Gasteiger partial charge >= 0.3 is 0 Å². The van der Waals surface area contributed by atoms with Crippen LogP contribution in [0, 0.1) is 23.7 Å². The van der Waals surface area contributed by atoms with Crippen LogP contribution in [-0.4, -0.2) is 17.6 Å². The van der Waals surface area contributed by atoms with E-state index < -0.39 is 0 Å². The Hall–Kier alpha value is -1.79. The van der Waals surface area contributed by atoms with E-state index in [1.165, 1.54) is 0 Å². The van der Waals surface area contributed by atoms with E-state index >= 15 is 0 Å². The van der Waals surface area contributed by atoms with Gasteiger partial charge in [0.1, 0.15) is 0 Å². The Morgan fingerprint density at radius 2 is 2.00 bits per heavy atom. The molecule has 0 bridgehead atoms. The third-order valence-corrected chi connectivity index (χ3v) is 3.34. The normalized spacial score (nSPS) is 11.7. The summed E-state index contributed by atoms with van der Waals surface area (Å²) in [6.45, 7) is 6.57.